The third kappa shape index (κ3) is 5.48. The van der Waals surface area contributed by atoms with Gasteiger partial charge in [-0.05, 0) is 48.9 Å². The summed E-state index contributed by atoms with van der Waals surface area (Å²) in [5.41, 5.74) is -0.209. The Bertz CT molecular complexity index is 1630. The number of rotatable bonds is 6. The van der Waals surface area contributed by atoms with Crippen LogP contribution in [0, 0.1) is 6.92 Å². The maximum Gasteiger partial charge on any atom is 0.416 e. The number of aromatic amines is 1. The van der Waals surface area contributed by atoms with Gasteiger partial charge >= 0.3 is 6.18 Å². The summed E-state index contributed by atoms with van der Waals surface area (Å²) < 4.78 is 64.4. The largest absolute Gasteiger partial charge is 0.416 e. The van der Waals surface area contributed by atoms with Gasteiger partial charge in [-0.15, -0.1) is 0 Å². The molecule has 0 unspecified atom stereocenters. The number of carbonyl (C=O) groups is 1. The highest BCUT2D eigenvalue weighted by atomic mass is 32.2. The van der Waals surface area contributed by atoms with E-state index < -0.39 is 33.0 Å². The van der Waals surface area contributed by atoms with E-state index in [1.807, 2.05) is 0 Å². The molecule has 37 heavy (non-hydrogen) atoms. The topological polar surface area (TPSA) is 114 Å². The van der Waals surface area contributed by atoms with Crippen molar-refractivity contribution >= 4 is 15.7 Å². The summed E-state index contributed by atoms with van der Waals surface area (Å²) in [4.78, 5) is 26.6. The van der Waals surface area contributed by atoms with Gasteiger partial charge in [-0.3, -0.25) is 19.3 Å². The molecule has 0 bridgehead atoms. The molecule has 0 fully saturated rings. The average molecular weight is 531 g/mol. The fraction of sp³-hybridized carbons (Fsp3) is 0.160. The van der Waals surface area contributed by atoms with Crippen LogP contribution in [0.4, 0.5) is 13.2 Å². The van der Waals surface area contributed by atoms with Crippen LogP contribution in [0.5, 0.6) is 0 Å². The quantitative estimate of drug-likeness (QED) is 0.393. The summed E-state index contributed by atoms with van der Waals surface area (Å²) in [7, 11) is -3.38. The highest BCUT2D eigenvalue weighted by molar-refractivity contribution is 7.90. The lowest BCUT2D eigenvalue weighted by Crippen LogP contribution is -2.33. The molecule has 2 aromatic carbocycles. The van der Waals surface area contributed by atoms with E-state index in [9.17, 15) is 31.2 Å². The van der Waals surface area contributed by atoms with E-state index in [0.29, 0.717) is 22.4 Å². The molecule has 0 spiro atoms. The Hall–Kier alpha value is -4.19. The first kappa shape index (κ1) is 25.9. The van der Waals surface area contributed by atoms with Crippen molar-refractivity contribution in [1.82, 2.24) is 20.1 Å². The molecule has 4 rings (SSSR count). The number of benzene rings is 2. The standard InChI is InChI=1S/C25H21F3N4O4S/c1-15-21(17-13-30-31-14-17)11-22(23(33)29-12-16-6-8-20(9-7-16)37(2,35)36)24(34)32(15)19-5-3-4-18(10-19)25(26,27)28/h3-11,13-14H,12H2,1-2H3,(H,29,33)(H,30,31). The van der Waals surface area contributed by atoms with Crippen LogP contribution in [-0.4, -0.2) is 35.3 Å². The number of hydrogen-bond donors (Lipinski definition) is 2. The van der Waals surface area contributed by atoms with Gasteiger partial charge in [0.2, 0.25) is 0 Å². The molecule has 2 N–H and O–H groups in total. The molecule has 0 saturated carbocycles. The molecule has 2 heterocycles. The van der Waals surface area contributed by atoms with Crippen molar-refractivity contribution in [2.45, 2.75) is 24.5 Å². The molecule has 192 valence electrons. The van der Waals surface area contributed by atoms with Gasteiger partial charge in [-0.1, -0.05) is 18.2 Å². The summed E-state index contributed by atoms with van der Waals surface area (Å²) in [6.07, 6.45) is -0.542. The Morgan fingerprint density at radius 3 is 2.41 bits per heavy atom. The summed E-state index contributed by atoms with van der Waals surface area (Å²) in [6.45, 7) is 1.55. The number of H-pyrrole nitrogens is 1. The van der Waals surface area contributed by atoms with E-state index in [0.717, 1.165) is 23.0 Å². The van der Waals surface area contributed by atoms with Crippen LogP contribution in [0.25, 0.3) is 16.8 Å². The minimum Gasteiger partial charge on any atom is -0.348 e. The number of aromatic nitrogens is 3. The van der Waals surface area contributed by atoms with Crippen molar-refractivity contribution < 1.29 is 26.4 Å². The van der Waals surface area contributed by atoms with Gasteiger partial charge in [-0.25, -0.2) is 8.42 Å². The van der Waals surface area contributed by atoms with Gasteiger partial charge in [0.25, 0.3) is 11.5 Å². The second kappa shape index (κ2) is 9.69. The Morgan fingerprint density at radius 1 is 1.11 bits per heavy atom. The van der Waals surface area contributed by atoms with Crippen LogP contribution >= 0.6 is 0 Å². The normalized spacial score (nSPS) is 11.9. The second-order valence-electron chi connectivity index (χ2n) is 8.33. The SMILES string of the molecule is Cc1c(-c2cn[nH]c2)cc(C(=O)NCc2ccc(S(C)(=O)=O)cc2)c(=O)n1-c1cccc(C(F)(F)F)c1. The predicted octanol–water partition coefficient (Wildman–Crippen LogP) is 3.89. The van der Waals surface area contributed by atoms with E-state index in [-0.39, 0.29) is 22.7 Å². The predicted molar refractivity (Wildman–Crippen MR) is 130 cm³/mol. The van der Waals surface area contributed by atoms with E-state index in [4.69, 9.17) is 0 Å². The first-order valence-electron chi connectivity index (χ1n) is 10.9. The summed E-state index contributed by atoms with van der Waals surface area (Å²) in [5, 5.41) is 9.14. The first-order chi connectivity index (χ1) is 17.4. The first-order valence-corrected chi connectivity index (χ1v) is 12.8. The molecule has 2 aromatic heterocycles. The molecule has 0 atom stereocenters. The molecule has 8 nitrogen and oxygen atoms in total. The molecule has 0 saturated heterocycles. The van der Waals surface area contributed by atoms with Crippen molar-refractivity contribution in [3.05, 3.63) is 99.7 Å². The van der Waals surface area contributed by atoms with E-state index in [1.165, 1.54) is 54.9 Å². The molecule has 1 amide bonds. The van der Waals surface area contributed by atoms with Crippen molar-refractivity contribution in [2.75, 3.05) is 6.26 Å². The van der Waals surface area contributed by atoms with E-state index in [2.05, 4.69) is 15.5 Å². The van der Waals surface area contributed by atoms with Crippen molar-refractivity contribution in [1.29, 1.82) is 0 Å². The van der Waals surface area contributed by atoms with Gasteiger partial charge in [-0.2, -0.15) is 18.3 Å². The third-order valence-corrected chi connectivity index (χ3v) is 6.87. The molecule has 0 aliphatic carbocycles. The van der Waals surface area contributed by atoms with Gasteiger partial charge in [0.1, 0.15) is 5.56 Å². The summed E-state index contributed by atoms with van der Waals surface area (Å²) >= 11 is 0. The lowest BCUT2D eigenvalue weighted by Gasteiger charge is -2.17. The van der Waals surface area contributed by atoms with Crippen molar-refractivity contribution in [3.8, 4) is 16.8 Å². The number of alkyl halides is 3. The zero-order chi connectivity index (χ0) is 27.0. The maximum absolute atomic E-state index is 13.4. The molecular weight excluding hydrogens is 509 g/mol. The van der Waals surface area contributed by atoms with Gasteiger partial charge < -0.3 is 5.32 Å². The van der Waals surface area contributed by atoms with Crippen LogP contribution in [-0.2, 0) is 22.6 Å². The lowest BCUT2D eigenvalue weighted by molar-refractivity contribution is -0.137. The number of nitrogens with one attached hydrogen (secondary N) is 2. The number of amides is 1. The highest BCUT2D eigenvalue weighted by Crippen LogP contribution is 2.31. The fourth-order valence-electron chi connectivity index (χ4n) is 3.82. The van der Waals surface area contributed by atoms with E-state index >= 15 is 0 Å². The number of carbonyl (C=O) groups excluding carboxylic acids is 1. The van der Waals surface area contributed by atoms with Crippen LogP contribution in [0.15, 0.2) is 76.7 Å². The van der Waals surface area contributed by atoms with Crippen LogP contribution in [0.3, 0.4) is 0 Å². The van der Waals surface area contributed by atoms with Crippen LogP contribution < -0.4 is 10.9 Å². The van der Waals surface area contributed by atoms with Crippen molar-refractivity contribution in [3.63, 3.8) is 0 Å². The van der Waals surface area contributed by atoms with E-state index in [1.54, 1.807) is 6.92 Å². The Balaban J connectivity index is 1.75. The molecular formula is C25H21F3N4O4S. The second-order valence-corrected chi connectivity index (χ2v) is 10.3. The summed E-state index contributed by atoms with van der Waals surface area (Å²) in [6, 6.07) is 11.5. The number of hydrogen-bond acceptors (Lipinski definition) is 5. The Labute approximate surface area is 209 Å². The number of sulfone groups is 1. The monoisotopic (exact) mass is 530 g/mol. The molecule has 4 aromatic rings. The van der Waals surface area contributed by atoms with Crippen molar-refractivity contribution in [2.24, 2.45) is 0 Å². The molecule has 0 radical (unpaired) electrons. The van der Waals surface area contributed by atoms with Gasteiger partial charge in [0.15, 0.2) is 9.84 Å². The highest BCUT2D eigenvalue weighted by Gasteiger charge is 2.31. The number of pyridine rings is 1. The van der Waals surface area contributed by atoms with Crippen LogP contribution in [0.2, 0.25) is 0 Å². The average Bonchev–Trinajstić information content (AvgIpc) is 3.37. The zero-order valence-corrected chi connectivity index (χ0v) is 20.4. The lowest BCUT2D eigenvalue weighted by atomic mass is 10.0. The fourth-order valence-corrected chi connectivity index (χ4v) is 4.45. The smallest absolute Gasteiger partial charge is 0.348 e. The number of nitrogens with zero attached hydrogens (tertiary/aromatic N) is 2. The minimum absolute atomic E-state index is 0.0131. The van der Waals surface area contributed by atoms with Gasteiger partial charge in [0, 0.05) is 41.5 Å². The minimum atomic E-state index is -4.62. The van der Waals surface area contributed by atoms with Gasteiger partial charge in [0.05, 0.1) is 16.7 Å². The Kier molecular flexibility index (Phi) is 6.78. The maximum atomic E-state index is 13.4. The Morgan fingerprint density at radius 2 is 1.81 bits per heavy atom. The zero-order valence-electron chi connectivity index (χ0n) is 19.6. The number of halogens is 3. The molecule has 0 aliphatic rings. The molecule has 0 aliphatic heterocycles. The van der Waals surface area contributed by atoms with Crippen LogP contribution in [0.1, 0.15) is 27.2 Å². The third-order valence-electron chi connectivity index (χ3n) is 5.74. The molecule has 12 heteroatoms. The summed E-state index contributed by atoms with van der Waals surface area (Å²) in [5.74, 6) is -0.748.